The molecule has 0 radical (unpaired) electrons. The Morgan fingerprint density at radius 2 is 1.37 bits per heavy atom. The number of hydrogen-bond acceptors (Lipinski definition) is 4. The van der Waals surface area contributed by atoms with Gasteiger partial charge in [-0.2, -0.15) is 0 Å². The van der Waals surface area contributed by atoms with E-state index in [4.69, 9.17) is 4.74 Å². The predicted molar refractivity (Wildman–Crippen MR) is 119 cm³/mol. The lowest BCUT2D eigenvalue weighted by Crippen LogP contribution is -2.48. The van der Waals surface area contributed by atoms with Crippen LogP contribution in [0.25, 0.3) is 0 Å². The van der Waals surface area contributed by atoms with Crippen molar-refractivity contribution in [2.45, 2.75) is 38.0 Å². The van der Waals surface area contributed by atoms with E-state index in [1.807, 2.05) is 91.0 Å². The van der Waals surface area contributed by atoms with E-state index in [1.54, 1.807) is 6.92 Å². The topological polar surface area (TPSA) is 58.6 Å². The molecule has 0 aromatic heterocycles. The van der Waals surface area contributed by atoms with Crippen molar-refractivity contribution >= 4 is 5.97 Å². The summed E-state index contributed by atoms with van der Waals surface area (Å²) < 4.78 is 5.29. The van der Waals surface area contributed by atoms with Crippen molar-refractivity contribution < 1.29 is 14.6 Å². The number of aliphatic hydroxyl groups is 1. The summed E-state index contributed by atoms with van der Waals surface area (Å²) in [4.78, 5) is 12.7. The van der Waals surface area contributed by atoms with Crippen LogP contribution in [0.3, 0.4) is 0 Å². The van der Waals surface area contributed by atoms with Gasteiger partial charge in [0.15, 0.2) is 0 Å². The molecule has 0 aliphatic carbocycles. The normalized spacial score (nSPS) is 13.0. The van der Waals surface area contributed by atoms with Crippen LogP contribution in [0.4, 0.5) is 0 Å². The largest absolute Gasteiger partial charge is 0.465 e. The molecule has 3 aromatic carbocycles. The molecular formula is C26H29NO3. The maximum Gasteiger partial charge on any atom is 0.325 e. The van der Waals surface area contributed by atoms with Gasteiger partial charge in [0.2, 0.25) is 0 Å². The highest BCUT2D eigenvalue weighted by Crippen LogP contribution is 2.24. The van der Waals surface area contributed by atoms with E-state index in [1.165, 1.54) is 0 Å². The van der Waals surface area contributed by atoms with Gasteiger partial charge in [-0.15, -0.1) is 0 Å². The van der Waals surface area contributed by atoms with Gasteiger partial charge in [0.25, 0.3) is 0 Å². The quantitative estimate of drug-likeness (QED) is 0.496. The van der Waals surface area contributed by atoms with Crippen LogP contribution < -0.4 is 5.32 Å². The molecule has 0 aliphatic heterocycles. The fourth-order valence-electron chi connectivity index (χ4n) is 3.55. The van der Waals surface area contributed by atoms with E-state index in [-0.39, 0.29) is 12.6 Å². The van der Waals surface area contributed by atoms with Crippen molar-refractivity contribution in [3.05, 3.63) is 108 Å². The van der Waals surface area contributed by atoms with Crippen LogP contribution in [0.1, 0.15) is 36.1 Å². The summed E-state index contributed by atoms with van der Waals surface area (Å²) in [7, 11) is 0. The second-order valence-corrected chi connectivity index (χ2v) is 7.24. The minimum absolute atomic E-state index is 0.242. The SMILES string of the molecule is CCOC(=O)[C@@H](NC(c1ccccc1)c1ccccc1)[C@@H](O)CCc1ccccc1. The van der Waals surface area contributed by atoms with Crippen LogP contribution in [0, 0.1) is 0 Å². The third-order valence-corrected chi connectivity index (χ3v) is 5.11. The number of carbonyl (C=O) groups excluding carboxylic acids is 1. The van der Waals surface area contributed by atoms with Crippen LogP contribution in [-0.2, 0) is 16.0 Å². The lowest BCUT2D eigenvalue weighted by molar-refractivity contribution is -0.149. The molecule has 156 valence electrons. The summed E-state index contributed by atoms with van der Waals surface area (Å²) in [5, 5.41) is 14.3. The van der Waals surface area contributed by atoms with Crippen molar-refractivity contribution in [1.82, 2.24) is 5.32 Å². The Bertz CT molecular complexity index is 844. The minimum Gasteiger partial charge on any atom is -0.465 e. The van der Waals surface area contributed by atoms with Crippen molar-refractivity contribution in [2.24, 2.45) is 0 Å². The number of esters is 1. The highest BCUT2D eigenvalue weighted by atomic mass is 16.5. The van der Waals surface area contributed by atoms with Gasteiger partial charge < -0.3 is 9.84 Å². The second kappa shape index (κ2) is 11.3. The van der Waals surface area contributed by atoms with Gasteiger partial charge in [0.1, 0.15) is 6.04 Å². The lowest BCUT2D eigenvalue weighted by atomic mass is 9.95. The maximum absolute atomic E-state index is 12.7. The average molecular weight is 404 g/mol. The number of nitrogens with one attached hydrogen (secondary N) is 1. The monoisotopic (exact) mass is 403 g/mol. The summed E-state index contributed by atoms with van der Waals surface area (Å²) in [5.74, 6) is -0.435. The minimum atomic E-state index is -0.876. The number of benzene rings is 3. The van der Waals surface area contributed by atoms with E-state index in [0.717, 1.165) is 16.7 Å². The standard InChI is InChI=1S/C26H29NO3/c1-2-30-26(29)25(23(28)19-18-20-12-6-3-7-13-20)27-24(21-14-8-4-9-15-21)22-16-10-5-11-17-22/h3-17,23-25,27-28H,2,18-19H2,1H3/t23-,25-/m0/s1. The first-order valence-corrected chi connectivity index (χ1v) is 10.4. The first-order chi connectivity index (χ1) is 14.7. The van der Waals surface area contributed by atoms with Gasteiger partial charge in [-0.25, -0.2) is 0 Å². The maximum atomic E-state index is 12.7. The molecule has 4 nitrogen and oxygen atoms in total. The van der Waals surface area contributed by atoms with Crippen LogP contribution in [0.15, 0.2) is 91.0 Å². The van der Waals surface area contributed by atoms with E-state index in [2.05, 4.69) is 5.32 Å². The number of hydrogen-bond donors (Lipinski definition) is 2. The number of carbonyl (C=O) groups is 1. The Labute approximate surface area is 178 Å². The molecule has 4 heteroatoms. The van der Waals surface area contributed by atoms with Gasteiger partial charge >= 0.3 is 5.97 Å². The molecule has 0 spiro atoms. The zero-order chi connectivity index (χ0) is 21.2. The summed E-state index contributed by atoms with van der Waals surface area (Å²) in [6.07, 6.45) is 0.261. The molecule has 0 fully saturated rings. The second-order valence-electron chi connectivity index (χ2n) is 7.24. The third-order valence-electron chi connectivity index (χ3n) is 5.11. The van der Waals surface area contributed by atoms with E-state index < -0.39 is 18.1 Å². The molecule has 3 rings (SSSR count). The number of aryl methyl sites for hydroxylation is 1. The first-order valence-electron chi connectivity index (χ1n) is 10.4. The number of ether oxygens (including phenoxy) is 1. The van der Waals surface area contributed by atoms with Crippen LogP contribution >= 0.6 is 0 Å². The average Bonchev–Trinajstić information content (AvgIpc) is 2.80. The molecular weight excluding hydrogens is 374 g/mol. The van der Waals surface area contributed by atoms with Gasteiger partial charge in [-0.3, -0.25) is 10.1 Å². The summed E-state index contributed by atoms with van der Waals surface area (Å²) in [6, 6.07) is 28.8. The Hall–Kier alpha value is -2.95. The van der Waals surface area contributed by atoms with Crippen LogP contribution in [0.5, 0.6) is 0 Å². The smallest absolute Gasteiger partial charge is 0.325 e. The molecule has 0 bridgehead atoms. The molecule has 2 atom stereocenters. The van der Waals surface area contributed by atoms with Crippen LogP contribution in [0.2, 0.25) is 0 Å². The molecule has 0 amide bonds. The van der Waals surface area contributed by atoms with Crippen molar-refractivity contribution in [3.8, 4) is 0 Å². The summed E-state index contributed by atoms with van der Waals surface area (Å²) in [5.41, 5.74) is 3.17. The zero-order valence-corrected chi connectivity index (χ0v) is 17.3. The van der Waals surface area contributed by atoms with E-state index in [0.29, 0.717) is 12.8 Å². The zero-order valence-electron chi connectivity index (χ0n) is 17.3. The first kappa shape index (κ1) is 21.8. The fourth-order valence-corrected chi connectivity index (χ4v) is 3.55. The number of aliphatic hydroxyl groups excluding tert-OH is 1. The van der Waals surface area contributed by atoms with Crippen molar-refractivity contribution in [1.29, 1.82) is 0 Å². The summed E-state index contributed by atoms with van der Waals surface area (Å²) >= 11 is 0. The van der Waals surface area contributed by atoms with Crippen molar-refractivity contribution in [3.63, 3.8) is 0 Å². The molecule has 0 heterocycles. The van der Waals surface area contributed by atoms with Crippen molar-refractivity contribution in [2.75, 3.05) is 6.61 Å². The Morgan fingerprint density at radius 3 is 1.87 bits per heavy atom. The van der Waals surface area contributed by atoms with Crippen LogP contribution in [-0.4, -0.2) is 29.8 Å². The summed E-state index contributed by atoms with van der Waals surface area (Å²) in [6.45, 7) is 2.04. The molecule has 2 N–H and O–H groups in total. The Kier molecular flexibility index (Phi) is 8.19. The molecule has 30 heavy (non-hydrogen) atoms. The van der Waals surface area contributed by atoms with Gasteiger partial charge in [0, 0.05) is 0 Å². The lowest BCUT2D eigenvalue weighted by Gasteiger charge is -2.28. The van der Waals surface area contributed by atoms with Gasteiger partial charge in [0.05, 0.1) is 18.8 Å². The Morgan fingerprint density at radius 1 is 0.867 bits per heavy atom. The van der Waals surface area contributed by atoms with Gasteiger partial charge in [-0.1, -0.05) is 91.0 Å². The van der Waals surface area contributed by atoms with E-state index >= 15 is 0 Å². The highest BCUT2D eigenvalue weighted by Gasteiger charge is 2.31. The molecule has 3 aromatic rings. The molecule has 0 aliphatic rings. The number of rotatable bonds is 10. The molecule has 0 saturated carbocycles. The third kappa shape index (κ3) is 6.02. The fraction of sp³-hybridized carbons (Fsp3) is 0.269. The molecule has 0 unspecified atom stereocenters. The van der Waals surface area contributed by atoms with Gasteiger partial charge in [-0.05, 0) is 36.5 Å². The molecule has 0 saturated heterocycles. The highest BCUT2D eigenvalue weighted by molar-refractivity contribution is 5.76. The predicted octanol–water partition coefficient (Wildman–Crippen LogP) is 4.29. The Balaban J connectivity index is 1.82. The van der Waals surface area contributed by atoms with E-state index in [9.17, 15) is 9.90 Å².